The molecule has 0 amide bonds. The fourth-order valence-electron chi connectivity index (χ4n) is 3.91. The predicted octanol–water partition coefficient (Wildman–Crippen LogP) is 4.12. The molecule has 1 aromatic carbocycles. The molecule has 0 saturated heterocycles. The Morgan fingerprint density at radius 1 is 1.18 bits per heavy atom. The van der Waals surface area contributed by atoms with E-state index in [1.54, 1.807) is 30.5 Å². The van der Waals surface area contributed by atoms with Gasteiger partial charge in [-0.2, -0.15) is 0 Å². The first-order valence-electron chi connectivity index (χ1n) is 9.35. The number of hydrogen-bond acceptors (Lipinski definition) is 3. The summed E-state index contributed by atoms with van der Waals surface area (Å²) in [6, 6.07) is 8.67. The maximum absolute atomic E-state index is 14.8. The van der Waals surface area contributed by atoms with E-state index in [9.17, 15) is 9.18 Å². The van der Waals surface area contributed by atoms with E-state index in [1.807, 2.05) is 6.07 Å². The Balaban J connectivity index is 1.44. The van der Waals surface area contributed by atoms with Crippen LogP contribution in [0.4, 0.5) is 4.39 Å². The minimum absolute atomic E-state index is 0.119. The van der Waals surface area contributed by atoms with Crippen molar-refractivity contribution in [1.29, 1.82) is 0 Å². The summed E-state index contributed by atoms with van der Waals surface area (Å²) in [5.41, 5.74) is 2.91. The molecule has 3 aromatic rings. The molecule has 0 N–H and O–H groups in total. The largest absolute Gasteiger partial charge is 0.293 e. The zero-order chi connectivity index (χ0) is 19.1. The average Bonchev–Trinajstić information content (AvgIpc) is 3.19. The van der Waals surface area contributed by atoms with Crippen LogP contribution in [-0.4, -0.2) is 14.5 Å². The topological polar surface area (TPSA) is 47.8 Å². The van der Waals surface area contributed by atoms with Crippen molar-refractivity contribution in [3.63, 3.8) is 0 Å². The highest BCUT2D eigenvalue weighted by molar-refractivity contribution is 5.76. The fourth-order valence-corrected chi connectivity index (χ4v) is 3.91. The van der Waals surface area contributed by atoms with E-state index in [4.69, 9.17) is 0 Å². The lowest BCUT2D eigenvalue weighted by Gasteiger charge is -2.19. The van der Waals surface area contributed by atoms with Gasteiger partial charge in [-0.3, -0.25) is 9.36 Å². The van der Waals surface area contributed by atoms with Crippen LogP contribution >= 0.6 is 0 Å². The highest BCUT2D eigenvalue weighted by atomic mass is 19.1. The zero-order valence-electron chi connectivity index (χ0n) is 15.1. The first-order chi connectivity index (χ1) is 13.7. The van der Waals surface area contributed by atoms with Gasteiger partial charge in [-0.25, -0.2) is 14.4 Å². The quantitative estimate of drug-likeness (QED) is 0.651. The molecule has 0 bridgehead atoms. The third kappa shape index (κ3) is 2.89. The van der Waals surface area contributed by atoms with Crippen molar-refractivity contribution in [2.45, 2.75) is 13.0 Å². The number of nitrogens with zero attached hydrogens (tertiary/aromatic N) is 3. The molecule has 2 atom stereocenters. The van der Waals surface area contributed by atoms with Crippen molar-refractivity contribution in [3.05, 3.63) is 101 Å². The van der Waals surface area contributed by atoms with Crippen LogP contribution in [0.5, 0.6) is 0 Å². The first-order valence-corrected chi connectivity index (χ1v) is 9.35. The van der Waals surface area contributed by atoms with Crippen LogP contribution in [0, 0.1) is 17.7 Å². The van der Waals surface area contributed by atoms with Gasteiger partial charge in [-0.1, -0.05) is 42.5 Å². The number of halogens is 1. The zero-order valence-corrected chi connectivity index (χ0v) is 15.1. The first kappa shape index (κ1) is 16.8. The second-order valence-electron chi connectivity index (χ2n) is 7.24. The number of aromatic nitrogens is 3. The Hall–Kier alpha value is -3.34. The second kappa shape index (κ2) is 6.68. The van der Waals surface area contributed by atoms with E-state index in [0.29, 0.717) is 28.4 Å². The Labute approximate surface area is 161 Å². The monoisotopic (exact) mass is 371 g/mol. The SMILES string of the molecule is O=c1c2ncccc2ncn1Cc1ccc(C2=CC3CC=CC3C=C2)cc1F. The molecule has 28 heavy (non-hydrogen) atoms. The Kier molecular flexibility index (Phi) is 4.01. The predicted molar refractivity (Wildman–Crippen MR) is 107 cm³/mol. The Morgan fingerprint density at radius 2 is 2.11 bits per heavy atom. The molecule has 2 heterocycles. The minimum atomic E-state index is -0.327. The smallest absolute Gasteiger partial charge is 0.280 e. The molecule has 5 heteroatoms. The molecular weight excluding hydrogens is 353 g/mol. The van der Waals surface area contributed by atoms with Gasteiger partial charge in [0.25, 0.3) is 5.56 Å². The Bertz CT molecular complexity index is 1220. The van der Waals surface area contributed by atoms with Gasteiger partial charge < -0.3 is 0 Å². The molecule has 0 spiro atoms. The van der Waals surface area contributed by atoms with Crippen LogP contribution in [0.15, 0.2) is 78.0 Å². The molecule has 0 aliphatic heterocycles. The van der Waals surface area contributed by atoms with Crippen LogP contribution < -0.4 is 5.56 Å². The molecular formula is C23H18FN3O. The molecule has 2 aromatic heterocycles. The summed E-state index contributed by atoms with van der Waals surface area (Å²) < 4.78 is 16.2. The van der Waals surface area contributed by atoms with Crippen LogP contribution in [0.3, 0.4) is 0 Å². The van der Waals surface area contributed by atoms with Crippen LogP contribution in [0.25, 0.3) is 16.6 Å². The maximum Gasteiger partial charge on any atom is 0.280 e. The van der Waals surface area contributed by atoms with Gasteiger partial charge in [0, 0.05) is 17.7 Å². The van der Waals surface area contributed by atoms with E-state index in [2.05, 4.69) is 40.3 Å². The normalized spacial score (nSPS) is 20.4. The summed E-state index contributed by atoms with van der Waals surface area (Å²) in [7, 11) is 0. The fraction of sp³-hybridized carbons (Fsp3) is 0.174. The van der Waals surface area contributed by atoms with Gasteiger partial charge in [-0.05, 0) is 41.7 Å². The summed E-state index contributed by atoms with van der Waals surface area (Å²) in [5.74, 6) is 0.609. The molecule has 138 valence electrons. The minimum Gasteiger partial charge on any atom is -0.293 e. The molecule has 0 radical (unpaired) electrons. The highest BCUT2D eigenvalue weighted by Gasteiger charge is 2.22. The standard InChI is InChI=1S/C23H18FN3O/c24-20-12-18(17-7-6-15-3-1-4-16(15)11-17)8-9-19(20)13-27-14-26-21-5-2-10-25-22(21)23(27)28/h1-3,5-12,14-16H,4,13H2. The summed E-state index contributed by atoms with van der Waals surface area (Å²) >= 11 is 0. The maximum atomic E-state index is 14.8. The van der Waals surface area contributed by atoms with E-state index >= 15 is 0 Å². The number of fused-ring (bicyclic) bond motifs is 2. The molecule has 2 aliphatic carbocycles. The van der Waals surface area contributed by atoms with Gasteiger partial charge in [0.1, 0.15) is 5.82 Å². The molecule has 2 unspecified atom stereocenters. The van der Waals surface area contributed by atoms with Crippen molar-refractivity contribution >= 4 is 16.6 Å². The summed E-state index contributed by atoms with van der Waals surface area (Å²) in [5, 5.41) is 0. The summed E-state index contributed by atoms with van der Waals surface area (Å²) in [6.45, 7) is 0.119. The van der Waals surface area contributed by atoms with E-state index in [1.165, 1.54) is 10.9 Å². The summed E-state index contributed by atoms with van der Waals surface area (Å²) in [4.78, 5) is 20.9. The Morgan fingerprint density at radius 3 is 3.00 bits per heavy atom. The van der Waals surface area contributed by atoms with Crippen molar-refractivity contribution in [2.24, 2.45) is 11.8 Å². The van der Waals surface area contributed by atoms with Crippen molar-refractivity contribution < 1.29 is 4.39 Å². The number of allylic oxidation sites excluding steroid dienone is 6. The molecule has 0 saturated carbocycles. The van der Waals surface area contributed by atoms with Gasteiger partial charge in [-0.15, -0.1) is 0 Å². The van der Waals surface area contributed by atoms with Crippen LogP contribution in [0.1, 0.15) is 17.5 Å². The van der Waals surface area contributed by atoms with Gasteiger partial charge >= 0.3 is 0 Å². The number of pyridine rings is 1. The van der Waals surface area contributed by atoms with Gasteiger partial charge in [0.05, 0.1) is 18.4 Å². The van der Waals surface area contributed by atoms with E-state index in [-0.39, 0.29) is 17.9 Å². The molecule has 4 nitrogen and oxygen atoms in total. The van der Waals surface area contributed by atoms with Gasteiger partial charge in [0.15, 0.2) is 5.52 Å². The van der Waals surface area contributed by atoms with Crippen molar-refractivity contribution in [3.8, 4) is 0 Å². The van der Waals surface area contributed by atoms with Crippen LogP contribution in [0.2, 0.25) is 0 Å². The van der Waals surface area contributed by atoms with Crippen molar-refractivity contribution in [1.82, 2.24) is 14.5 Å². The highest BCUT2D eigenvalue weighted by Crippen LogP contribution is 2.35. The average molecular weight is 371 g/mol. The molecule has 0 fully saturated rings. The summed E-state index contributed by atoms with van der Waals surface area (Å²) in [6.07, 6.45) is 14.9. The third-order valence-electron chi connectivity index (χ3n) is 5.47. The van der Waals surface area contributed by atoms with E-state index in [0.717, 1.165) is 17.6 Å². The molecule has 5 rings (SSSR count). The number of hydrogen-bond donors (Lipinski definition) is 0. The lowest BCUT2D eigenvalue weighted by atomic mass is 9.86. The number of benzene rings is 1. The lowest BCUT2D eigenvalue weighted by Crippen LogP contribution is -2.22. The second-order valence-corrected chi connectivity index (χ2v) is 7.24. The van der Waals surface area contributed by atoms with Gasteiger partial charge in [0.2, 0.25) is 0 Å². The van der Waals surface area contributed by atoms with E-state index < -0.39 is 0 Å². The molecule has 2 aliphatic rings. The van der Waals surface area contributed by atoms with Crippen molar-refractivity contribution in [2.75, 3.05) is 0 Å². The van der Waals surface area contributed by atoms with Crippen LogP contribution in [-0.2, 0) is 6.54 Å². The lowest BCUT2D eigenvalue weighted by molar-refractivity contribution is 0.592. The number of rotatable bonds is 3. The third-order valence-corrected chi connectivity index (χ3v) is 5.47.